The fourth-order valence-corrected chi connectivity index (χ4v) is 3.53. The summed E-state index contributed by atoms with van der Waals surface area (Å²) in [5.74, 6) is -2.16. The molecule has 0 radical (unpaired) electrons. The minimum atomic E-state index is -3.42. The van der Waals surface area contributed by atoms with Crippen molar-refractivity contribution in [2.45, 2.75) is 18.2 Å². The Labute approximate surface area is 167 Å². The zero-order valence-electron chi connectivity index (χ0n) is 14.5. The summed E-state index contributed by atoms with van der Waals surface area (Å²) in [4.78, 5) is 24.6. The first-order valence-electron chi connectivity index (χ1n) is 7.77. The Morgan fingerprint density at radius 3 is 2.33 bits per heavy atom. The smallest absolute Gasteiger partial charge is 0.235 e. The number of rotatable bonds is 6. The predicted octanol–water partition coefficient (Wildman–Crippen LogP) is 3.49. The molecule has 27 heavy (non-hydrogen) atoms. The van der Waals surface area contributed by atoms with Gasteiger partial charge >= 0.3 is 0 Å². The second-order valence-corrected chi connectivity index (χ2v) is 8.88. The van der Waals surface area contributed by atoms with Crippen molar-refractivity contribution < 1.29 is 23.1 Å². The minimum Gasteiger partial charge on any atom is -0.508 e. The molecule has 144 valence electrons. The van der Waals surface area contributed by atoms with Crippen molar-refractivity contribution in [3.63, 3.8) is 0 Å². The van der Waals surface area contributed by atoms with E-state index in [4.69, 9.17) is 23.2 Å². The Balaban J connectivity index is 2.26. The van der Waals surface area contributed by atoms with Gasteiger partial charge in [-0.2, -0.15) is 0 Å². The van der Waals surface area contributed by atoms with Gasteiger partial charge in [-0.15, -0.1) is 0 Å². The lowest BCUT2D eigenvalue weighted by molar-refractivity contribution is -0.129. The molecule has 9 heteroatoms. The molecule has 0 aromatic heterocycles. The lowest BCUT2D eigenvalue weighted by Crippen LogP contribution is -2.30. The Morgan fingerprint density at radius 1 is 1.11 bits per heavy atom. The first-order valence-corrected chi connectivity index (χ1v) is 10.4. The van der Waals surface area contributed by atoms with Crippen molar-refractivity contribution in [1.82, 2.24) is 0 Å². The van der Waals surface area contributed by atoms with E-state index < -0.39 is 27.4 Å². The molecule has 0 heterocycles. The summed E-state index contributed by atoms with van der Waals surface area (Å²) in [5.41, 5.74) is 0.632. The summed E-state index contributed by atoms with van der Waals surface area (Å²) in [5, 5.41) is 12.4. The number of benzene rings is 2. The summed E-state index contributed by atoms with van der Waals surface area (Å²) in [6.07, 6.45) is 1.05. The van der Waals surface area contributed by atoms with Gasteiger partial charge in [0.15, 0.2) is 9.84 Å². The summed E-state index contributed by atoms with van der Waals surface area (Å²) in [6.45, 7) is 1.27. The molecule has 2 aromatic carbocycles. The molecular weight excluding hydrogens is 413 g/mol. The fraction of sp³-hybridized carbons (Fsp3) is 0.222. The maximum absolute atomic E-state index is 12.5. The van der Waals surface area contributed by atoms with E-state index >= 15 is 0 Å². The number of nitrogens with one attached hydrogen (secondary N) is 1. The van der Waals surface area contributed by atoms with Crippen LogP contribution < -0.4 is 5.32 Å². The van der Waals surface area contributed by atoms with Crippen LogP contribution in [0, 0.1) is 5.92 Å². The molecule has 0 fully saturated rings. The average molecular weight is 430 g/mol. The molecule has 0 aliphatic heterocycles. The Hall–Kier alpha value is -2.09. The molecule has 1 atom stereocenters. The normalized spacial score (nSPS) is 12.4. The van der Waals surface area contributed by atoms with Crippen LogP contribution in [-0.4, -0.2) is 31.5 Å². The van der Waals surface area contributed by atoms with Gasteiger partial charge < -0.3 is 10.4 Å². The number of Topliss-reactive ketones (excluding diaryl/α,β-unsaturated/α-hetero) is 1. The monoisotopic (exact) mass is 429 g/mol. The van der Waals surface area contributed by atoms with E-state index in [0.717, 1.165) is 6.26 Å². The summed E-state index contributed by atoms with van der Waals surface area (Å²) >= 11 is 12.1. The van der Waals surface area contributed by atoms with Gasteiger partial charge in [0.25, 0.3) is 0 Å². The third-order valence-corrected chi connectivity index (χ3v) is 5.68. The first-order chi connectivity index (χ1) is 12.5. The third kappa shape index (κ3) is 5.45. The highest BCUT2D eigenvalue weighted by Gasteiger charge is 2.26. The van der Waals surface area contributed by atoms with Gasteiger partial charge in [-0.1, -0.05) is 29.3 Å². The number of carbonyl (C=O) groups is 2. The van der Waals surface area contributed by atoms with E-state index in [1.54, 1.807) is 0 Å². The molecule has 0 saturated heterocycles. The molecule has 0 bridgehead atoms. The van der Waals surface area contributed by atoms with Crippen LogP contribution >= 0.6 is 23.2 Å². The predicted molar refractivity (Wildman–Crippen MR) is 104 cm³/mol. The number of phenols is 1. The van der Waals surface area contributed by atoms with E-state index in [1.165, 1.54) is 43.3 Å². The highest BCUT2D eigenvalue weighted by molar-refractivity contribution is 7.90. The van der Waals surface area contributed by atoms with Crippen molar-refractivity contribution in [3.05, 3.63) is 52.0 Å². The number of anilines is 1. The first kappa shape index (κ1) is 21.2. The van der Waals surface area contributed by atoms with Gasteiger partial charge in [-0.3, -0.25) is 9.59 Å². The molecule has 2 aromatic rings. The molecule has 0 aliphatic carbocycles. The maximum atomic E-state index is 12.5. The molecular formula is C18H17Cl2NO5S. The molecule has 2 rings (SSSR count). The Kier molecular flexibility index (Phi) is 6.51. The second kappa shape index (κ2) is 8.29. The van der Waals surface area contributed by atoms with Crippen LogP contribution in [0.5, 0.6) is 5.75 Å². The average Bonchev–Trinajstić information content (AvgIpc) is 2.55. The van der Waals surface area contributed by atoms with Crippen molar-refractivity contribution in [2.24, 2.45) is 5.92 Å². The molecule has 6 nitrogen and oxygen atoms in total. The summed E-state index contributed by atoms with van der Waals surface area (Å²) < 4.78 is 23.2. The van der Waals surface area contributed by atoms with Crippen LogP contribution in [-0.2, 0) is 25.8 Å². The zero-order chi connectivity index (χ0) is 20.4. The lowest BCUT2D eigenvalue weighted by atomic mass is 9.95. The third-order valence-electron chi connectivity index (χ3n) is 3.89. The molecule has 1 unspecified atom stereocenters. The van der Waals surface area contributed by atoms with Crippen molar-refractivity contribution in [3.8, 4) is 5.75 Å². The molecule has 0 aliphatic rings. The Bertz CT molecular complexity index is 1000. The summed E-state index contributed by atoms with van der Waals surface area (Å²) in [7, 11) is -3.42. The van der Waals surface area contributed by atoms with Gasteiger partial charge in [-0.25, -0.2) is 8.42 Å². The summed E-state index contributed by atoms with van der Waals surface area (Å²) in [6, 6.07) is 8.18. The van der Waals surface area contributed by atoms with Crippen molar-refractivity contribution in [1.29, 1.82) is 0 Å². The number of phenolic OH excluding ortho intramolecular Hbond substituents is 1. The van der Waals surface area contributed by atoms with E-state index in [1.807, 2.05) is 0 Å². The number of halogens is 2. The SMILES string of the molecule is CC(=O)C(Cc1ccc(S(C)(=O)=O)cc1Cl)C(=O)Nc1cc(O)ccc1Cl. The Morgan fingerprint density at radius 2 is 1.78 bits per heavy atom. The van der Waals surface area contributed by atoms with E-state index in [2.05, 4.69) is 5.32 Å². The maximum Gasteiger partial charge on any atom is 0.235 e. The number of hydrogen-bond acceptors (Lipinski definition) is 5. The van der Waals surface area contributed by atoms with Gasteiger partial charge in [-0.05, 0) is 43.2 Å². The quantitative estimate of drug-likeness (QED) is 0.684. The van der Waals surface area contributed by atoms with Crippen LogP contribution in [0.2, 0.25) is 10.0 Å². The standard InChI is InChI=1S/C18H17Cl2NO5S/c1-10(22)14(18(24)21-17-8-12(23)4-6-15(17)19)7-11-3-5-13(9-16(11)20)27(2,25)26/h3-6,8-9,14,23H,7H2,1-2H3,(H,21,24). The number of hydrogen-bond donors (Lipinski definition) is 2. The van der Waals surface area contributed by atoms with Crippen LogP contribution in [0.4, 0.5) is 5.69 Å². The highest BCUT2D eigenvalue weighted by Crippen LogP contribution is 2.28. The van der Waals surface area contributed by atoms with Crippen molar-refractivity contribution in [2.75, 3.05) is 11.6 Å². The van der Waals surface area contributed by atoms with Crippen LogP contribution in [0.1, 0.15) is 12.5 Å². The van der Waals surface area contributed by atoms with Crippen LogP contribution in [0.15, 0.2) is 41.3 Å². The zero-order valence-corrected chi connectivity index (χ0v) is 16.8. The van der Waals surface area contributed by atoms with Gasteiger partial charge in [0, 0.05) is 17.3 Å². The van der Waals surface area contributed by atoms with Crippen LogP contribution in [0.3, 0.4) is 0 Å². The number of aromatic hydroxyl groups is 1. The van der Waals surface area contributed by atoms with E-state index in [9.17, 15) is 23.1 Å². The molecule has 0 spiro atoms. The van der Waals surface area contributed by atoms with E-state index in [0.29, 0.717) is 5.56 Å². The topological polar surface area (TPSA) is 101 Å². The van der Waals surface area contributed by atoms with Gasteiger partial charge in [0.1, 0.15) is 17.5 Å². The number of carbonyl (C=O) groups excluding carboxylic acids is 2. The van der Waals surface area contributed by atoms with Gasteiger partial charge in [0.2, 0.25) is 5.91 Å². The molecule has 2 N–H and O–H groups in total. The number of amides is 1. The lowest BCUT2D eigenvalue weighted by Gasteiger charge is -2.16. The molecule has 0 saturated carbocycles. The fourth-order valence-electron chi connectivity index (χ4n) is 2.39. The van der Waals surface area contributed by atoms with Gasteiger partial charge in [0.05, 0.1) is 15.6 Å². The number of ketones is 1. The highest BCUT2D eigenvalue weighted by atomic mass is 35.5. The second-order valence-electron chi connectivity index (χ2n) is 6.05. The number of sulfone groups is 1. The van der Waals surface area contributed by atoms with E-state index in [-0.39, 0.29) is 32.8 Å². The molecule has 1 amide bonds. The minimum absolute atomic E-state index is 0.0134. The van der Waals surface area contributed by atoms with Crippen molar-refractivity contribution >= 4 is 50.4 Å². The largest absolute Gasteiger partial charge is 0.508 e. The van der Waals surface area contributed by atoms with Crippen LogP contribution in [0.25, 0.3) is 0 Å².